The molecule has 0 aromatic carbocycles. The zero-order chi connectivity index (χ0) is 12.8. The van der Waals surface area contributed by atoms with Crippen LogP contribution in [0.15, 0.2) is 15.2 Å². The molecular weight excluding hydrogens is 298 g/mol. The maximum Gasteiger partial charge on any atom is 0.0789 e. The van der Waals surface area contributed by atoms with Gasteiger partial charge in [-0.25, -0.2) is 0 Å². The third-order valence-corrected chi connectivity index (χ3v) is 4.60. The monoisotopic (exact) mass is 319 g/mol. The molecular formula is C13H22BrNOS. The van der Waals surface area contributed by atoms with Gasteiger partial charge in [0.25, 0.3) is 0 Å². The number of hydrogen-bond donors (Lipinski definition) is 1. The molecule has 0 saturated carbocycles. The second kappa shape index (κ2) is 7.52. The third kappa shape index (κ3) is 4.05. The van der Waals surface area contributed by atoms with Crippen molar-refractivity contribution in [1.29, 1.82) is 0 Å². The van der Waals surface area contributed by atoms with Gasteiger partial charge < -0.3 is 10.1 Å². The third-order valence-electron chi connectivity index (χ3n) is 2.85. The van der Waals surface area contributed by atoms with Gasteiger partial charge in [-0.1, -0.05) is 20.8 Å². The molecule has 1 heterocycles. The van der Waals surface area contributed by atoms with Crippen molar-refractivity contribution < 1.29 is 4.74 Å². The average Bonchev–Trinajstić information content (AvgIpc) is 2.70. The highest BCUT2D eigenvalue weighted by molar-refractivity contribution is 9.10. The van der Waals surface area contributed by atoms with Crippen LogP contribution < -0.4 is 5.32 Å². The molecule has 0 saturated heterocycles. The van der Waals surface area contributed by atoms with Gasteiger partial charge >= 0.3 is 0 Å². The Labute approximate surface area is 117 Å². The fourth-order valence-electron chi connectivity index (χ4n) is 2.01. The van der Waals surface area contributed by atoms with Gasteiger partial charge in [-0.05, 0) is 45.8 Å². The predicted octanol–water partition coefficient (Wildman–Crippen LogP) is 4.22. The number of thiophene rings is 1. The lowest BCUT2D eigenvalue weighted by atomic mass is 9.95. The highest BCUT2D eigenvalue weighted by Crippen LogP contribution is 2.32. The molecule has 0 radical (unpaired) electrons. The van der Waals surface area contributed by atoms with Crippen LogP contribution in [-0.4, -0.2) is 19.8 Å². The molecule has 17 heavy (non-hydrogen) atoms. The van der Waals surface area contributed by atoms with E-state index in [2.05, 4.69) is 52.8 Å². The molecule has 4 heteroatoms. The molecule has 0 spiro atoms. The smallest absolute Gasteiger partial charge is 0.0789 e. The van der Waals surface area contributed by atoms with Crippen molar-refractivity contribution >= 4 is 27.3 Å². The first kappa shape index (κ1) is 15.2. The molecule has 1 aromatic heterocycles. The van der Waals surface area contributed by atoms with Crippen molar-refractivity contribution in [3.8, 4) is 0 Å². The molecule has 2 unspecified atom stereocenters. The maximum absolute atomic E-state index is 5.67. The van der Waals surface area contributed by atoms with E-state index in [4.69, 9.17) is 4.74 Å². The number of halogens is 1. The van der Waals surface area contributed by atoms with Crippen LogP contribution in [-0.2, 0) is 4.74 Å². The lowest BCUT2D eigenvalue weighted by Gasteiger charge is -2.30. The lowest BCUT2D eigenvalue weighted by Crippen LogP contribution is -2.37. The van der Waals surface area contributed by atoms with Crippen LogP contribution in [0.3, 0.4) is 0 Å². The van der Waals surface area contributed by atoms with Crippen LogP contribution >= 0.6 is 27.3 Å². The lowest BCUT2D eigenvalue weighted by molar-refractivity contribution is 0.0326. The summed E-state index contributed by atoms with van der Waals surface area (Å²) >= 11 is 5.35. The SMILES string of the molecule is CCCNC(c1cscc1Br)C(OC)C(C)C. The van der Waals surface area contributed by atoms with E-state index in [1.54, 1.807) is 18.4 Å². The fraction of sp³-hybridized carbons (Fsp3) is 0.692. The minimum atomic E-state index is 0.201. The van der Waals surface area contributed by atoms with Gasteiger partial charge in [0.05, 0.1) is 12.1 Å². The number of methoxy groups -OCH3 is 1. The molecule has 0 aliphatic heterocycles. The summed E-state index contributed by atoms with van der Waals surface area (Å²) in [7, 11) is 1.80. The number of hydrogen-bond acceptors (Lipinski definition) is 3. The fourth-order valence-corrected chi connectivity index (χ4v) is 3.59. The van der Waals surface area contributed by atoms with Crippen LogP contribution in [0.4, 0.5) is 0 Å². The molecule has 2 nitrogen and oxygen atoms in total. The topological polar surface area (TPSA) is 21.3 Å². The van der Waals surface area contributed by atoms with Crippen molar-refractivity contribution in [2.75, 3.05) is 13.7 Å². The summed E-state index contributed by atoms with van der Waals surface area (Å²) in [5.74, 6) is 0.487. The van der Waals surface area contributed by atoms with Gasteiger partial charge in [-0.15, -0.1) is 0 Å². The summed E-state index contributed by atoms with van der Waals surface area (Å²) in [6.45, 7) is 7.60. The molecule has 1 N–H and O–H groups in total. The van der Waals surface area contributed by atoms with Crippen molar-refractivity contribution in [2.24, 2.45) is 5.92 Å². The largest absolute Gasteiger partial charge is 0.379 e. The molecule has 1 aromatic rings. The Kier molecular flexibility index (Phi) is 6.70. The first-order chi connectivity index (χ1) is 8.11. The van der Waals surface area contributed by atoms with Crippen molar-refractivity contribution in [2.45, 2.75) is 39.3 Å². The molecule has 0 aliphatic rings. The molecule has 0 bridgehead atoms. The van der Waals surface area contributed by atoms with Gasteiger partial charge in [0.15, 0.2) is 0 Å². The highest BCUT2D eigenvalue weighted by atomic mass is 79.9. The average molecular weight is 320 g/mol. The van der Waals surface area contributed by atoms with E-state index in [1.807, 2.05) is 0 Å². The van der Waals surface area contributed by atoms with E-state index in [0.29, 0.717) is 5.92 Å². The molecule has 0 fully saturated rings. The number of nitrogens with one attached hydrogen (secondary N) is 1. The predicted molar refractivity (Wildman–Crippen MR) is 78.7 cm³/mol. The van der Waals surface area contributed by atoms with Gasteiger partial charge in [0.1, 0.15) is 0 Å². The summed E-state index contributed by atoms with van der Waals surface area (Å²) in [6.07, 6.45) is 1.33. The number of rotatable bonds is 7. The Balaban J connectivity index is 2.90. The van der Waals surface area contributed by atoms with Crippen LogP contribution in [0.1, 0.15) is 38.8 Å². The maximum atomic E-state index is 5.67. The number of ether oxygens (including phenoxy) is 1. The van der Waals surface area contributed by atoms with E-state index in [0.717, 1.165) is 13.0 Å². The van der Waals surface area contributed by atoms with Gasteiger partial charge in [-0.3, -0.25) is 0 Å². The van der Waals surface area contributed by atoms with Gasteiger partial charge in [0, 0.05) is 17.0 Å². The zero-order valence-electron chi connectivity index (χ0n) is 11.0. The zero-order valence-corrected chi connectivity index (χ0v) is 13.4. The Morgan fingerprint density at radius 3 is 2.53 bits per heavy atom. The van der Waals surface area contributed by atoms with E-state index < -0.39 is 0 Å². The van der Waals surface area contributed by atoms with Crippen molar-refractivity contribution in [3.63, 3.8) is 0 Å². The van der Waals surface area contributed by atoms with Crippen LogP contribution in [0.25, 0.3) is 0 Å². The summed E-state index contributed by atoms with van der Waals surface area (Å²) in [4.78, 5) is 0. The van der Waals surface area contributed by atoms with Gasteiger partial charge in [0.2, 0.25) is 0 Å². The van der Waals surface area contributed by atoms with E-state index >= 15 is 0 Å². The minimum absolute atomic E-state index is 0.201. The molecule has 0 amide bonds. The Bertz CT molecular complexity index is 327. The van der Waals surface area contributed by atoms with E-state index in [9.17, 15) is 0 Å². The van der Waals surface area contributed by atoms with Crippen LogP contribution in [0, 0.1) is 5.92 Å². The van der Waals surface area contributed by atoms with Crippen molar-refractivity contribution in [1.82, 2.24) is 5.32 Å². The van der Waals surface area contributed by atoms with E-state index in [1.165, 1.54) is 10.0 Å². The summed E-state index contributed by atoms with van der Waals surface area (Å²) < 4.78 is 6.85. The second-order valence-corrected chi connectivity index (χ2v) is 6.15. The van der Waals surface area contributed by atoms with E-state index in [-0.39, 0.29) is 12.1 Å². The highest BCUT2D eigenvalue weighted by Gasteiger charge is 2.27. The van der Waals surface area contributed by atoms with Gasteiger partial charge in [-0.2, -0.15) is 11.3 Å². The summed E-state index contributed by atoms with van der Waals surface area (Å²) in [6, 6.07) is 0.264. The Morgan fingerprint density at radius 2 is 2.12 bits per heavy atom. The molecule has 98 valence electrons. The molecule has 1 rings (SSSR count). The first-order valence-corrected chi connectivity index (χ1v) is 7.83. The molecule has 0 aliphatic carbocycles. The van der Waals surface area contributed by atoms with Crippen LogP contribution in [0.5, 0.6) is 0 Å². The first-order valence-electron chi connectivity index (χ1n) is 6.09. The minimum Gasteiger partial charge on any atom is -0.379 e. The summed E-state index contributed by atoms with van der Waals surface area (Å²) in [5.41, 5.74) is 1.31. The Hall–Kier alpha value is 0.1000. The quantitative estimate of drug-likeness (QED) is 0.812. The normalized spacial score (nSPS) is 15.2. The Morgan fingerprint density at radius 1 is 1.41 bits per heavy atom. The molecule has 2 atom stereocenters. The van der Waals surface area contributed by atoms with Crippen molar-refractivity contribution in [3.05, 3.63) is 20.8 Å². The standard InChI is InChI=1S/C13H22BrNOS/c1-5-6-15-12(13(16-4)9(2)3)10-7-17-8-11(10)14/h7-9,12-13,15H,5-6H2,1-4H3. The van der Waals surface area contributed by atoms with Crippen LogP contribution in [0.2, 0.25) is 0 Å². The second-order valence-electron chi connectivity index (χ2n) is 4.55. The summed E-state index contributed by atoms with van der Waals surface area (Å²) in [5, 5.41) is 7.92.